The SMILES string of the molecule is CCCC(=O)OC[C@H]1O[C@@](OP(=O)(O)O)(C(OC(=O)C(C)(C)C)OC(=O)C(C)(C)C)[C@@H](OC(=O)CCC)[C@@H](OC(=O)CCC)[C@@H]1OC(=O)CCC. The topological polar surface area (TPSA) is 234 Å². The van der Waals surface area contributed by atoms with Gasteiger partial charge < -0.3 is 42.9 Å². The second-order valence-electron chi connectivity index (χ2n) is 14.1. The smallest absolute Gasteiger partial charge is 0.463 e. The molecule has 2 N–H and O–H groups in total. The molecule has 0 aliphatic carbocycles. The quantitative estimate of drug-likeness (QED) is 0.0864. The summed E-state index contributed by atoms with van der Waals surface area (Å²) >= 11 is 0. The number of carbonyl (C=O) groups excluding carboxylic acids is 6. The number of hydrogen-bond acceptors (Lipinski definition) is 15. The summed E-state index contributed by atoms with van der Waals surface area (Å²) in [5.41, 5.74) is -2.70. The number of ether oxygens (including phenoxy) is 7. The van der Waals surface area contributed by atoms with Crippen molar-refractivity contribution in [2.24, 2.45) is 10.8 Å². The van der Waals surface area contributed by atoms with Crippen molar-refractivity contribution in [2.75, 3.05) is 6.61 Å². The van der Waals surface area contributed by atoms with Crippen LogP contribution >= 0.6 is 7.82 Å². The lowest BCUT2D eigenvalue weighted by Crippen LogP contribution is -2.73. The monoisotopic (exact) mass is 754 g/mol. The fourth-order valence-electron chi connectivity index (χ4n) is 4.45. The summed E-state index contributed by atoms with van der Waals surface area (Å²) < 4.78 is 57.9. The Kier molecular flexibility index (Phi) is 17.7. The number of hydrogen-bond donors (Lipinski definition) is 2. The van der Waals surface area contributed by atoms with Gasteiger partial charge in [0.05, 0.1) is 10.8 Å². The van der Waals surface area contributed by atoms with E-state index in [2.05, 4.69) is 0 Å². The predicted molar refractivity (Wildman–Crippen MR) is 176 cm³/mol. The van der Waals surface area contributed by atoms with Crippen LogP contribution in [0.4, 0.5) is 0 Å². The third kappa shape index (κ3) is 14.4. The zero-order valence-corrected chi connectivity index (χ0v) is 32.1. The van der Waals surface area contributed by atoms with Crippen molar-refractivity contribution in [3.8, 4) is 0 Å². The molecule has 51 heavy (non-hydrogen) atoms. The summed E-state index contributed by atoms with van der Waals surface area (Å²) in [4.78, 5) is 99.5. The highest BCUT2D eigenvalue weighted by atomic mass is 31.2. The van der Waals surface area contributed by atoms with Crippen molar-refractivity contribution in [3.05, 3.63) is 0 Å². The maximum atomic E-state index is 13.4. The molecule has 0 aromatic heterocycles. The van der Waals surface area contributed by atoms with Crippen molar-refractivity contribution in [2.45, 2.75) is 157 Å². The predicted octanol–water partition coefficient (Wildman–Crippen LogP) is 4.17. The molecule has 18 heteroatoms. The molecule has 1 saturated heterocycles. The van der Waals surface area contributed by atoms with Gasteiger partial charge in [0.1, 0.15) is 12.7 Å². The van der Waals surface area contributed by atoms with Gasteiger partial charge in [-0.05, 0) is 67.2 Å². The molecule has 0 bridgehead atoms. The van der Waals surface area contributed by atoms with E-state index in [1.54, 1.807) is 27.7 Å². The van der Waals surface area contributed by atoms with E-state index in [1.807, 2.05) is 0 Å². The standard InChI is InChI=1S/C33H55O17P/c1-11-15-21(34)43-19-20-25(44-22(35)16-12-2)26(45-23(36)17-13-3)27(46-24(37)18-14-4)33(49-20,50-51(40,41)42)30(47-28(38)31(5,6)7)48-29(39)32(8,9)10/h20,25-27,30H,11-19H2,1-10H3,(H2,40,41,42)/t20-,25-,26+,27+,33+/m1/s1. The molecule has 1 aliphatic rings. The third-order valence-electron chi connectivity index (χ3n) is 6.98. The van der Waals surface area contributed by atoms with Gasteiger partial charge in [-0.15, -0.1) is 0 Å². The zero-order chi connectivity index (χ0) is 39.4. The molecule has 294 valence electrons. The van der Waals surface area contributed by atoms with E-state index in [1.165, 1.54) is 41.5 Å². The first-order valence-corrected chi connectivity index (χ1v) is 18.6. The van der Waals surface area contributed by atoms with Gasteiger partial charge in [0.25, 0.3) is 5.79 Å². The fraction of sp³-hybridized carbons (Fsp3) is 0.818. The van der Waals surface area contributed by atoms with Gasteiger partial charge in [0, 0.05) is 25.7 Å². The lowest BCUT2D eigenvalue weighted by Gasteiger charge is -2.51. The summed E-state index contributed by atoms with van der Waals surface area (Å²) in [6.45, 7) is 14.3. The third-order valence-corrected chi connectivity index (χ3v) is 7.51. The van der Waals surface area contributed by atoms with Gasteiger partial charge in [-0.2, -0.15) is 0 Å². The zero-order valence-electron chi connectivity index (χ0n) is 31.2. The van der Waals surface area contributed by atoms with Crippen LogP contribution in [-0.2, 0) is 71.0 Å². The largest absolute Gasteiger partial charge is 0.472 e. The molecule has 1 fully saturated rings. The normalized spacial score (nSPS) is 22.5. The summed E-state index contributed by atoms with van der Waals surface area (Å²) in [5, 5.41) is 0. The molecular weight excluding hydrogens is 699 g/mol. The minimum atomic E-state index is -5.88. The van der Waals surface area contributed by atoms with Gasteiger partial charge in [0.2, 0.25) is 6.10 Å². The number of esters is 6. The molecular formula is C33H55O17P. The van der Waals surface area contributed by atoms with E-state index in [9.17, 15) is 43.1 Å². The second kappa shape index (κ2) is 19.6. The van der Waals surface area contributed by atoms with Crippen LogP contribution in [0, 0.1) is 10.8 Å². The Balaban J connectivity index is 4.39. The second-order valence-corrected chi connectivity index (χ2v) is 15.3. The molecule has 17 nitrogen and oxygen atoms in total. The fourth-order valence-corrected chi connectivity index (χ4v) is 5.05. The highest BCUT2D eigenvalue weighted by molar-refractivity contribution is 7.46. The summed E-state index contributed by atoms with van der Waals surface area (Å²) in [6, 6.07) is 0. The summed E-state index contributed by atoms with van der Waals surface area (Å²) in [5.74, 6) is -9.16. The van der Waals surface area contributed by atoms with Crippen molar-refractivity contribution >= 4 is 43.6 Å². The Morgan fingerprint density at radius 1 is 0.667 bits per heavy atom. The lowest BCUT2D eigenvalue weighted by molar-refractivity contribution is -0.398. The maximum Gasteiger partial charge on any atom is 0.472 e. The average molecular weight is 755 g/mol. The molecule has 0 aromatic rings. The van der Waals surface area contributed by atoms with E-state index >= 15 is 0 Å². The molecule has 0 spiro atoms. The summed E-state index contributed by atoms with van der Waals surface area (Å²) in [6.07, 6.45) is -10.3. The first kappa shape index (κ1) is 45.9. The van der Waals surface area contributed by atoms with Crippen LogP contribution in [0.1, 0.15) is 121 Å². The van der Waals surface area contributed by atoms with E-state index in [0.717, 1.165) is 0 Å². The maximum absolute atomic E-state index is 13.4. The summed E-state index contributed by atoms with van der Waals surface area (Å²) in [7, 11) is -5.88. The van der Waals surface area contributed by atoms with E-state index in [-0.39, 0.29) is 38.5 Å². The molecule has 5 atom stereocenters. The Morgan fingerprint density at radius 2 is 1.06 bits per heavy atom. The highest BCUT2D eigenvalue weighted by Crippen LogP contribution is 2.51. The molecule has 0 saturated carbocycles. The number of phosphoric ester groups is 1. The van der Waals surface area contributed by atoms with Crippen molar-refractivity contribution < 1.29 is 80.8 Å². The number of carbonyl (C=O) groups is 6. The first-order valence-electron chi connectivity index (χ1n) is 17.1. The molecule has 1 aliphatic heterocycles. The van der Waals surface area contributed by atoms with Crippen LogP contribution in [-0.4, -0.2) is 88.7 Å². The van der Waals surface area contributed by atoms with Crippen LogP contribution in [0.25, 0.3) is 0 Å². The van der Waals surface area contributed by atoms with Gasteiger partial charge in [0.15, 0.2) is 12.2 Å². The van der Waals surface area contributed by atoms with Crippen LogP contribution in [0.3, 0.4) is 0 Å². The van der Waals surface area contributed by atoms with E-state index < -0.39 is 97.6 Å². The van der Waals surface area contributed by atoms with Crippen LogP contribution in [0.2, 0.25) is 0 Å². The van der Waals surface area contributed by atoms with Gasteiger partial charge in [-0.25, -0.2) is 9.09 Å². The van der Waals surface area contributed by atoms with Crippen molar-refractivity contribution in [3.63, 3.8) is 0 Å². The van der Waals surface area contributed by atoms with E-state index in [4.69, 9.17) is 37.7 Å². The minimum absolute atomic E-state index is 0.0711. The molecule has 0 aromatic carbocycles. The average Bonchev–Trinajstić information content (AvgIpc) is 2.97. The minimum Gasteiger partial charge on any atom is -0.463 e. The first-order chi connectivity index (χ1) is 23.4. The Morgan fingerprint density at radius 3 is 1.45 bits per heavy atom. The molecule has 1 rings (SSSR count). The Hall–Kier alpha value is -3.11. The van der Waals surface area contributed by atoms with Gasteiger partial charge in [-0.1, -0.05) is 27.7 Å². The van der Waals surface area contributed by atoms with Crippen LogP contribution in [0.5, 0.6) is 0 Å². The lowest BCUT2D eigenvalue weighted by atomic mass is 9.90. The van der Waals surface area contributed by atoms with Gasteiger partial charge >= 0.3 is 49.9 Å². The number of phosphoric acid groups is 1. The van der Waals surface area contributed by atoms with Crippen LogP contribution in [0.15, 0.2) is 0 Å². The van der Waals surface area contributed by atoms with Crippen LogP contribution < -0.4 is 0 Å². The highest BCUT2D eigenvalue weighted by Gasteiger charge is 2.69. The number of rotatable bonds is 18. The Labute approximate surface area is 298 Å². The van der Waals surface area contributed by atoms with E-state index in [0.29, 0.717) is 12.8 Å². The Bertz CT molecular complexity index is 1230. The molecule has 0 unspecified atom stereocenters. The van der Waals surface area contributed by atoms with Gasteiger partial charge in [-0.3, -0.25) is 28.8 Å². The van der Waals surface area contributed by atoms with Crippen molar-refractivity contribution in [1.29, 1.82) is 0 Å². The molecule has 0 radical (unpaired) electrons. The molecule has 1 heterocycles. The van der Waals surface area contributed by atoms with Crippen molar-refractivity contribution in [1.82, 2.24) is 0 Å². The molecule has 0 amide bonds.